The van der Waals surface area contributed by atoms with E-state index in [1.165, 1.54) is 0 Å². The molecule has 1 aliphatic rings. The highest BCUT2D eigenvalue weighted by Crippen LogP contribution is 2.47. The summed E-state index contributed by atoms with van der Waals surface area (Å²) in [5.41, 5.74) is 1.27. The maximum Gasteiger partial charge on any atom is 0.247 e. The molecule has 3 nitrogen and oxygen atoms in total. The van der Waals surface area contributed by atoms with Gasteiger partial charge in [0.2, 0.25) is 5.91 Å². The van der Waals surface area contributed by atoms with Gasteiger partial charge in [0, 0.05) is 12.2 Å². The van der Waals surface area contributed by atoms with Crippen molar-refractivity contribution in [2.75, 3.05) is 11.4 Å². The van der Waals surface area contributed by atoms with Gasteiger partial charge >= 0.3 is 0 Å². The smallest absolute Gasteiger partial charge is 0.247 e. The molecule has 0 aliphatic heterocycles. The molecule has 0 unspecified atom stereocenters. The number of nitrogens with zero attached hydrogens (tertiary/aromatic N) is 2. The lowest BCUT2D eigenvalue weighted by Crippen LogP contribution is -2.36. The number of benzene rings is 1. The van der Waals surface area contributed by atoms with Crippen LogP contribution < -0.4 is 4.90 Å². The van der Waals surface area contributed by atoms with Crippen molar-refractivity contribution in [3.05, 3.63) is 29.8 Å². The van der Waals surface area contributed by atoms with E-state index < -0.39 is 5.41 Å². The predicted octanol–water partition coefficient (Wildman–Crippen LogP) is 2.65. The molecule has 0 saturated heterocycles. The van der Waals surface area contributed by atoms with E-state index in [1.807, 2.05) is 38.1 Å². The highest BCUT2D eigenvalue weighted by molar-refractivity contribution is 6.01. The van der Waals surface area contributed by atoms with Crippen molar-refractivity contribution < 1.29 is 4.79 Å². The average molecular weight is 228 g/mol. The molecule has 88 valence electrons. The second-order valence-corrected chi connectivity index (χ2v) is 4.58. The van der Waals surface area contributed by atoms with Crippen LogP contribution >= 0.6 is 0 Å². The van der Waals surface area contributed by atoms with Crippen molar-refractivity contribution in [1.29, 1.82) is 5.26 Å². The third-order valence-corrected chi connectivity index (χ3v) is 3.25. The van der Waals surface area contributed by atoms with Crippen molar-refractivity contribution in [2.45, 2.75) is 26.7 Å². The van der Waals surface area contributed by atoms with E-state index in [1.54, 1.807) is 4.90 Å². The SMILES string of the molecule is CCN(C(=O)C1(C#N)CC1)c1cccc(C)c1. The Morgan fingerprint density at radius 2 is 2.24 bits per heavy atom. The van der Waals surface area contributed by atoms with Gasteiger partial charge in [-0.3, -0.25) is 4.79 Å². The standard InChI is InChI=1S/C14H16N2O/c1-3-16(12-6-4-5-11(2)9-12)13(17)14(10-15)7-8-14/h4-6,9H,3,7-8H2,1-2H3. The molecular weight excluding hydrogens is 212 g/mol. The van der Waals surface area contributed by atoms with E-state index in [9.17, 15) is 4.79 Å². The summed E-state index contributed by atoms with van der Waals surface area (Å²) in [7, 11) is 0. The molecule has 0 bridgehead atoms. The van der Waals surface area contributed by atoms with Gasteiger partial charge in [-0.05, 0) is 44.4 Å². The zero-order chi connectivity index (χ0) is 12.5. The van der Waals surface area contributed by atoms with Gasteiger partial charge in [0.05, 0.1) is 6.07 Å². The lowest BCUT2D eigenvalue weighted by Gasteiger charge is -2.23. The van der Waals surface area contributed by atoms with Gasteiger partial charge in [-0.25, -0.2) is 0 Å². The third-order valence-electron chi connectivity index (χ3n) is 3.25. The van der Waals surface area contributed by atoms with Crippen LogP contribution in [0.15, 0.2) is 24.3 Å². The van der Waals surface area contributed by atoms with Crippen LogP contribution in [0.2, 0.25) is 0 Å². The lowest BCUT2D eigenvalue weighted by atomic mass is 10.1. The Labute approximate surface area is 102 Å². The number of carbonyl (C=O) groups excluding carboxylic acids is 1. The Morgan fingerprint density at radius 1 is 1.53 bits per heavy atom. The van der Waals surface area contributed by atoms with E-state index >= 15 is 0 Å². The molecule has 1 aliphatic carbocycles. The predicted molar refractivity (Wildman–Crippen MR) is 66.5 cm³/mol. The normalized spacial score (nSPS) is 16.1. The number of nitriles is 1. The van der Waals surface area contributed by atoms with E-state index in [4.69, 9.17) is 5.26 Å². The van der Waals surface area contributed by atoms with Crippen LogP contribution in [0, 0.1) is 23.7 Å². The number of hydrogen-bond donors (Lipinski definition) is 0. The number of anilines is 1. The minimum atomic E-state index is -0.736. The third kappa shape index (κ3) is 2.03. The molecule has 0 aromatic heterocycles. The van der Waals surface area contributed by atoms with Crippen LogP contribution in [-0.2, 0) is 4.79 Å². The number of rotatable bonds is 3. The zero-order valence-corrected chi connectivity index (χ0v) is 10.2. The van der Waals surface area contributed by atoms with Crippen LogP contribution in [0.1, 0.15) is 25.3 Å². The first-order chi connectivity index (χ1) is 8.13. The van der Waals surface area contributed by atoms with Crippen LogP contribution in [0.3, 0.4) is 0 Å². The minimum absolute atomic E-state index is 0.0481. The lowest BCUT2D eigenvalue weighted by molar-refractivity contribution is -0.121. The molecule has 17 heavy (non-hydrogen) atoms. The fourth-order valence-corrected chi connectivity index (χ4v) is 2.00. The van der Waals surface area contributed by atoms with Gasteiger partial charge in [-0.2, -0.15) is 5.26 Å². The summed E-state index contributed by atoms with van der Waals surface area (Å²) in [5.74, 6) is -0.0481. The van der Waals surface area contributed by atoms with Crippen LogP contribution in [0.25, 0.3) is 0 Å². The minimum Gasteiger partial charge on any atom is -0.311 e. The fourth-order valence-electron chi connectivity index (χ4n) is 2.00. The second-order valence-electron chi connectivity index (χ2n) is 4.58. The van der Waals surface area contributed by atoms with Gasteiger partial charge in [0.1, 0.15) is 5.41 Å². The first-order valence-electron chi connectivity index (χ1n) is 5.93. The van der Waals surface area contributed by atoms with Crippen molar-refractivity contribution in [3.8, 4) is 6.07 Å². The molecule has 0 N–H and O–H groups in total. The maximum absolute atomic E-state index is 12.3. The number of hydrogen-bond acceptors (Lipinski definition) is 2. The maximum atomic E-state index is 12.3. The monoisotopic (exact) mass is 228 g/mol. The van der Waals surface area contributed by atoms with Gasteiger partial charge in [0.25, 0.3) is 0 Å². The number of carbonyl (C=O) groups is 1. The first kappa shape index (κ1) is 11.7. The van der Waals surface area contributed by atoms with E-state index in [-0.39, 0.29) is 5.91 Å². The molecule has 0 heterocycles. The summed E-state index contributed by atoms with van der Waals surface area (Å²) in [6, 6.07) is 10.00. The van der Waals surface area contributed by atoms with Crippen molar-refractivity contribution >= 4 is 11.6 Å². The topological polar surface area (TPSA) is 44.1 Å². The van der Waals surface area contributed by atoms with E-state index in [0.717, 1.165) is 11.3 Å². The molecule has 0 radical (unpaired) electrons. The van der Waals surface area contributed by atoms with Crippen molar-refractivity contribution in [3.63, 3.8) is 0 Å². The van der Waals surface area contributed by atoms with Crippen LogP contribution in [0.4, 0.5) is 5.69 Å². The highest BCUT2D eigenvalue weighted by Gasteiger charge is 2.52. The first-order valence-corrected chi connectivity index (χ1v) is 5.93. The zero-order valence-electron chi connectivity index (χ0n) is 10.2. The molecule has 0 atom stereocenters. The van der Waals surface area contributed by atoms with Gasteiger partial charge in [-0.1, -0.05) is 12.1 Å². The Bertz CT molecular complexity index is 483. The van der Waals surface area contributed by atoms with Gasteiger partial charge in [-0.15, -0.1) is 0 Å². The number of aryl methyl sites for hydroxylation is 1. The summed E-state index contributed by atoms with van der Waals surface area (Å²) in [4.78, 5) is 14.0. The quantitative estimate of drug-likeness (QED) is 0.798. The molecule has 0 spiro atoms. The Hall–Kier alpha value is -1.82. The average Bonchev–Trinajstić information content (AvgIpc) is 3.11. The number of amides is 1. The fraction of sp³-hybridized carbons (Fsp3) is 0.429. The second kappa shape index (κ2) is 4.21. The highest BCUT2D eigenvalue weighted by atomic mass is 16.2. The van der Waals surface area contributed by atoms with E-state index in [0.29, 0.717) is 19.4 Å². The summed E-state index contributed by atoms with van der Waals surface area (Å²) < 4.78 is 0. The largest absolute Gasteiger partial charge is 0.311 e. The Kier molecular flexibility index (Phi) is 2.89. The van der Waals surface area contributed by atoms with Crippen molar-refractivity contribution in [1.82, 2.24) is 0 Å². The molecule has 3 heteroatoms. The van der Waals surface area contributed by atoms with Gasteiger partial charge < -0.3 is 4.90 Å². The molecule has 1 amide bonds. The summed E-state index contributed by atoms with van der Waals surface area (Å²) >= 11 is 0. The molecule has 1 saturated carbocycles. The van der Waals surface area contributed by atoms with Gasteiger partial charge in [0.15, 0.2) is 0 Å². The summed E-state index contributed by atoms with van der Waals surface area (Å²) in [5, 5.41) is 9.08. The molecule has 1 aromatic carbocycles. The molecular formula is C14H16N2O. The van der Waals surface area contributed by atoms with Crippen molar-refractivity contribution in [2.24, 2.45) is 5.41 Å². The summed E-state index contributed by atoms with van der Waals surface area (Å²) in [6.45, 7) is 4.54. The Balaban J connectivity index is 2.29. The molecule has 2 rings (SSSR count). The Morgan fingerprint density at radius 3 is 2.71 bits per heavy atom. The van der Waals surface area contributed by atoms with Crippen LogP contribution in [-0.4, -0.2) is 12.5 Å². The summed E-state index contributed by atoms with van der Waals surface area (Å²) in [6.07, 6.45) is 1.40. The molecule has 1 fully saturated rings. The van der Waals surface area contributed by atoms with Crippen LogP contribution in [0.5, 0.6) is 0 Å². The molecule has 1 aromatic rings. The van der Waals surface area contributed by atoms with E-state index in [2.05, 4.69) is 6.07 Å².